The maximum absolute atomic E-state index is 13.2. The number of anilines is 1. The van der Waals surface area contributed by atoms with E-state index in [2.05, 4.69) is 5.32 Å². The van der Waals surface area contributed by atoms with E-state index in [0.717, 1.165) is 16.5 Å². The Labute approximate surface area is 203 Å². The van der Waals surface area contributed by atoms with Gasteiger partial charge in [0.2, 0.25) is 5.91 Å². The Bertz CT molecular complexity index is 1370. The second-order valence-electron chi connectivity index (χ2n) is 8.45. The molecule has 1 N–H and O–H groups in total. The highest BCUT2D eigenvalue weighted by molar-refractivity contribution is 8.00. The number of rotatable bonds is 9. The minimum atomic E-state index is -0.447. The number of hydrogen-bond acceptors (Lipinski definition) is 5. The first-order valence-electron chi connectivity index (χ1n) is 11.5. The summed E-state index contributed by atoms with van der Waals surface area (Å²) in [7, 11) is 0. The van der Waals surface area contributed by atoms with Crippen LogP contribution in [-0.4, -0.2) is 33.4 Å². The number of nitrogens with zero attached hydrogens (tertiary/aromatic N) is 2. The molecule has 4 aromatic rings. The average molecular weight is 476 g/mol. The largest absolute Gasteiger partial charge is 0.379 e. The number of nitrogens with one attached hydrogen (secondary N) is 1. The third-order valence-electron chi connectivity index (χ3n) is 5.47. The molecule has 1 aromatic heterocycles. The zero-order chi connectivity index (χ0) is 24.1. The van der Waals surface area contributed by atoms with Gasteiger partial charge in [0, 0.05) is 18.8 Å². The molecule has 1 atom stereocenters. The molecule has 0 saturated heterocycles. The topological polar surface area (TPSA) is 73.2 Å². The number of ether oxygens (including phenoxy) is 1. The van der Waals surface area contributed by atoms with Gasteiger partial charge in [-0.15, -0.1) is 0 Å². The van der Waals surface area contributed by atoms with Crippen LogP contribution in [0.25, 0.3) is 21.7 Å². The SMILES string of the molecule is CC(C)OCCCn1c(SC(C)C(=O)Nc2ccc3ccccc3c2)nc2ccccc2c1=O. The van der Waals surface area contributed by atoms with Gasteiger partial charge in [0.05, 0.1) is 22.3 Å². The van der Waals surface area contributed by atoms with Crippen molar-refractivity contribution in [2.45, 2.75) is 50.2 Å². The number of carbonyl (C=O) groups excluding carboxylic acids is 1. The van der Waals surface area contributed by atoms with Crippen molar-refractivity contribution in [2.75, 3.05) is 11.9 Å². The van der Waals surface area contributed by atoms with Crippen LogP contribution in [0.4, 0.5) is 5.69 Å². The highest BCUT2D eigenvalue weighted by Crippen LogP contribution is 2.25. The summed E-state index contributed by atoms with van der Waals surface area (Å²) < 4.78 is 7.30. The van der Waals surface area contributed by atoms with Gasteiger partial charge in [-0.05, 0) is 62.2 Å². The molecule has 176 valence electrons. The maximum atomic E-state index is 13.2. The molecule has 1 unspecified atom stereocenters. The third kappa shape index (κ3) is 5.66. The Morgan fingerprint density at radius 2 is 1.76 bits per heavy atom. The van der Waals surface area contributed by atoms with E-state index in [1.807, 2.05) is 81.4 Å². The van der Waals surface area contributed by atoms with E-state index in [1.165, 1.54) is 11.8 Å². The highest BCUT2D eigenvalue weighted by Gasteiger charge is 2.20. The predicted octanol–water partition coefficient (Wildman–Crippen LogP) is 5.48. The predicted molar refractivity (Wildman–Crippen MR) is 140 cm³/mol. The minimum absolute atomic E-state index is 0.0974. The second kappa shape index (κ2) is 10.8. The van der Waals surface area contributed by atoms with Gasteiger partial charge in [-0.25, -0.2) is 4.98 Å². The molecular formula is C27H29N3O3S. The van der Waals surface area contributed by atoms with Crippen LogP contribution in [0, 0.1) is 0 Å². The lowest BCUT2D eigenvalue weighted by molar-refractivity contribution is -0.115. The van der Waals surface area contributed by atoms with Gasteiger partial charge in [-0.1, -0.05) is 54.2 Å². The van der Waals surface area contributed by atoms with Gasteiger partial charge < -0.3 is 10.1 Å². The van der Waals surface area contributed by atoms with Crippen LogP contribution in [0.2, 0.25) is 0 Å². The fraction of sp³-hybridized carbons (Fsp3) is 0.296. The van der Waals surface area contributed by atoms with Crippen molar-refractivity contribution in [1.82, 2.24) is 9.55 Å². The van der Waals surface area contributed by atoms with Crippen molar-refractivity contribution in [2.24, 2.45) is 0 Å². The van der Waals surface area contributed by atoms with Crippen LogP contribution >= 0.6 is 11.8 Å². The van der Waals surface area contributed by atoms with Crippen molar-refractivity contribution in [3.63, 3.8) is 0 Å². The number of thioether (sulfide) groups is 1. The summed E-state index contributed by atoms with van der Waals surface area (Å²) in [5.74, 6) is -0.141. The van der Waals surface area contributed by atoms with Gasteiger partial charge in [-0.3, -0.25) is 14.2 Å². The molecule has 1 amide bonds. The lowest BCUT2D eigenvalue weighted by Gasteiger charge is -2.17. The van der Waals surface area contributed by atoms with Crippen LogP contribution in [0.1, 0.15) is 27.2 Å². The molecule has 0 bridgehead atoms. The van der Waals surface area contributed by atoms with E-state index in [0.29, 0.717) is 35.6 Å². The maximum Gasteiger partial charge on any atom is 0.262 e. The molecular weight excluding hydrogens is 446 g/mol. The molecule has 0 spiro atoms. The highest BCUT2D eigenvalue weighted by atomic mass is 32.2. The molecule has 0 aliphatic carbocycles. The molecule has 0 saturated carbocycles. The van der Waals surface area contributed by atoms with Crippen LogP contribution < -0.4 is 10.9 Å². The zero-order valence-corrected chi connectivity index (χ0v) is 20.5. The average Bonchev–Trinajstić information content (AvgIpc) is 2.83. The van der Waals surface area contributed by atoms with Crippen LogP contribution in [0.3, 0.4) is 0 Å². The minimum Gasteiger partial charge on any atom is -0.379 e. The summed E-state index contributed by atoms with van der Waals surface area (Å²) in [5, 5.41) is 5.84. The van der Waals surface area contributed by atoms with Crippen molar-refractivity contribution < 1.29 is 9.53 Å². The molecule has 34 heavy (non-hydrogen) atoms. The first kappa shape index (κ1) is 24.0. The molecule has 3 aromatic carbocycles. The molecule has 0 radical (unpaired) electrons. The number of para-hydroxylation sites is 1. The smallest absolute Gasteiger partial charge is 0.262 e. The summed E-state index contributed by atoms with van der Waals surface area (Å²) in [6, 6.07) is 21.2. The van der Waals surface area contributed by atoms with Crippen molar-refractivity contribution in [3.05, 3.63) is 77.1 Å². The first-order chi connectivity index (χ1) is 16.4. The lowest BCUT2D eigenvalue weighted by atomic mass is 10.1. The standard InChI is InChI=1S/C27H29N3O3S/c1-18(2)33-16-8-15-30-26(32)23-11-6-7-12-24(23)29-27(30)34-19(3)25(31)28-22-14-13-20-9-4-5-10-21(20)17-22/h4-7,9-14,17-19H,8,15-16H2,1-3H3,(H,28,31). The van der Waals surface area contributed by atoms with E-state index in [4.69, 9.17) is 9.72 Å². The molecule has 4 rings (SSSR count). The normalized spacial score (nSPS) is 12.4. The second-order valence-corrected chi connectivity index (χ2v) is 9.76. The molecule has 1 heterocycles. The Morgan fingerprint density at radius 1 is 1.03 bits per heavy atom. The number of aromatic nitrogens is 2. The van der Waals surface area contributed by atoms with E-state index in [9.17, 15) is 9.59 Å². The number of carbonyl (C=O) groups is 1. The van der Waals surface area contributed by atoms with Gasteiger partial charge in [0.1, 0.15) is 0 Å². The lowest BCUT2D eigenvalue weighted by Crippen LogP contribution is -2.27. The molecule has 7 heteroatoms. The van der Waals surface area contributed by atoms with E-state index < -0.39 is 5.25 Å². The van der Waals surface area contributed by atoms with Gasteiger partial charge in [-0.2, -0.15) is 0 Å². The first-order valence-corrected chi connectivity index (χ1v) is 12.4. The summed E-state index contributed by atoms with van der Waals surface area (Å²) in [4.78, 5) is 30.9. The van der Waals surface area contributed by atoms with Crippen molar-refractivity contribution in [3.8, 4) is 0 Å². The monoisotopic (exact) mass is 475 g/mol. The molecule has 0 aliphatic heterocycles. The Morgan fingerprint density at radius 3 is 2.56 bits per heavy atom. The Hall–Kier alpha value is -3.16. The Kier molecular flexibility index (Phi) is 7.65. The van der Waals surface area contributed by atoms with E-state index >= 15 is 0 Å². The van der Waals surface area contributed by atoms with Crippen molar-refractivity contribution in [1.29, 1.82) is 0 Å². The summed E-state index contributed by atoms with van der Waals surface area (Å²) in [6.45, 7) is 6.83. The molecule has 6 nitrogen and oxygen atoms in total. The van der Waals surface area contributed by atoms with Gasteiger partial charge in [0.25, 0.3) is 5.56 Å². The fourth-order valence-corrected chi connectivity index (χ4v) is 4.63. The molecule has 0 aliphatic rings. The van der Waals surface area contributed by atoms with E-state index in [-0.39, 0.29) is 17.6 Å². The Balaban J connectivity index is 1.54. The number of fused-ring (bicyclic) bond motifs is 2. The summed E-state index contributed by atoms with van der Waals surface area (Å²) in [6.07, 6.45) is 0.822. The zero-order valence-electron chi connectivity index (χ0n) is 19.7. The van der Waals surface area contributed by atoms with Crippen LogP contribution in [0.5, 0.6) is 0 Å². The third-order valence-corrected chi connectivity index (χ3v) is 6.56. The fourth-order valence-electron chi connectivity index (χ4n) is 3.70. The number of hydrogen-bond donors (Lipinski definition) is 1. The quantitative estimate of drug-likeness (QED) is 0.197. The van der Waals surface area contributed by atoms with Crippen molar-refractivity contribution >= 4 is 45.0 Å². The summed E-state index contributed by atoms with van der Waals surface area (Å²) in [5.41, 5.74) is 1.28. The molecule has 0 fully saturated rings. The van der Waals surface area contributed by atoms with E-state index in [1.54, 1.807) is 10.6 Å². The summed E-state index contributed by atoms with van der Waals surface area (Å²) >= 11 is 1.29. The van der Waals surface area contributed by atoms with Crippen LogP contribution in [-0.2, 0) is 16.1 Å². The number of amides is 1. The van der Waals surface area contributed by atoms with Crippen LogP contribution in [0.15, 0.2) is 76.7 Å². The van der Waals surface area contributed by atoms with Gasteiger partial charge >= 0.3 is 0 Å². The number of benzene rings is 3. The van der Waals surface area contributed by atoms with Gasteiger partial charge in [0.15, 0.2) is 5.16 Å².